The van der Waals surface area contributed by atoms with Crippen molar-refractivity contribution in [1.82, 2.24) is 4.31 Å². The predicted molar refractivity (Wildman–Crippen MR) is 125 cm³/mol. The zero-order chi connectivity index (χ0) is 24.0. The number of fused-ring (bicyclic) bond motifs is 1. The number of hydrogen-bond acceptors (Lipinski definition) is 7. The number of hydrogen-bond donors (Lipinski definition) is 1. The highest BCUT2D eigenvalue weighted by atomic mass is 32.2. The Kier molecular flexibility index (Phi) is 7.95. The van der Waals surface area contributed by atoms with Gasteiger partial charge in [0.25, 0.3) is 0 Å². The van der Waals surface area contributed by atoms with Crippen LogP contribution in [0.4, 0.5) is 5.69 Å². The fraction of sp³-hybridized carbons (Fsp3) is 0.417. The second-order valence-electron chi connectivity index (χ2n) is 8.17. The molecule has 0 spiro atoms. The first-order chi connectivity index (χ1) is 15.7. The molecule has 0 fully saturated rings. The highest BCUT2D eigenvalue weighted by molar-refractivity contribution is 7.89. The van der Waals surface area contributed by atoms with E-state index < -0.39 is 16.0 Å². The van der Waals surface area contributed by atoms with Crippen LogP contribution >= 0.6 is 0 Å². The van der Waals surface area contributed by atoms with Crippen LogP contribution in [0.25, 0.3) is 0 Å². The van der Waals surface area contributed by atoms with E-state index >= 15 is 0 Å². The molecule has 2 aromatic carbocycles. The van der Waals surface area contributed by atoms with Crippen molar-refractivity contribution in [3.63, 3.8) is 0 Å². The normalized spacial score (nSPS) is 13.8. The second-order valence-corrected chi connectivity index (χ2v) is 10.3. The van der Waals surface area contributed by atoms with E-state index in [2.05, 4.69) is 16.1 Å². The largest absolute Gasteiger partial charge is 0.490 e. The number of anilines is 1. The van der Waals surface area contributed by atoms with Gasteiger partial charge in [-0.15, -0.1) is 0 Å². The van der Waals surface area contributed by atoms with Gasteiger partial charge in [-0.05, 0) is 61.2 Å². The monoisotopic (exact) mass is 471 g/mol. The van der Waals surface area contributed by atoms with Crippen LogP contribution in [0.3, 0.4) is 0 Å². The summed E-state index contributed by atoms with van der Waals surface area (Å²) in [5.74, 6) is -0.202. The van der Waals surface area contributed by atoms with Gasteiger partial charge >= 0.3 is 5.97 Å². The molecule has 0 aromatic heterocycles. The number of carbonyl (C=O) groups excluding carboxylic acids is 1. The SMILES string of the molecule is COC(=O)CCS(=O)(=O)N1CCc2cc(NCc3ccc(OC(C)C)c(C#N)c3)ccc2C1. The Morgan fingerprint density at radius 2 is 2.00 bits per heavy atom. The molecule has 3 rings (SSSR count). The molecule has 1 N–H and O–H groups in total. The molecule has 1 aliphatic heterocycles. The third-order valence-corrected chi connectivity index (χ3v) is 7.21. The van der Waals surface area contributed by atoms with Crippen molar-refractivity contribution in [3.05, 3.63) is 58.7 Å². The summed E-state index contributed by atoms with van der Waals surface area (Å²) >= 11 is 0. The van der Waals surface area contributed by atoms with Crippen LogP contribution in [0.1, 0.15) is 42.5 Å². The van der Waals surface area contributed by atoms with E-state index in [-0.39, 0.29) is 18.3 Å². The minimum atomic E-state index is -3.53. The van der Waals surface area contributed by atoms with E-state index in [1.54, 1.807) is 0 Å². The van der Waals surface area contributed by atoms with Crippen molar-refractivity contribution in [2.24, 2.45) is 0 Å². The van der Waals surface area contributed by atoms with Gasteiger partial charge in [0.1, 0.15) is 11.8 Å². The molecule has 1 heterocycles. The summed E-state index contributed by atoms with van der Waals surface area (Å²) in [7, 11) is -2.28. The number of esters is 1. The number of nitriles is 1. The molecule has 0 amide bonds. The minimum Gasteiger partial charge on any atom is -0.490 e. The first kappa shape index (κ1) is 24.6. The number of rotatable bonds is 9. The average Bonchev–Trinajstić information content (AvgIpc) is 2.81. The van der Waals surface area contributed by atoms with Crippen LogP contribution in [0.5, 0.6) is 5.75 Å². The molecule has 176 valence electrons. The summed E-state index contributed by atoms with van der Waals surface area (Å²) in [6, 6.07) is 13.6. The number of carbonyl (C=O) groups is 1. The number of nitrogens with one attached hydrogen (secondary N) is 1. The van der Waals surface area contributed by atoms with Crippen molar-refractivity contribution in [2.45, 2.75) is 45.9 Å². The summed E-state index contributed by atoms with van der Waals surface area (Å²) in [6.07, 6.45) is 0.445. The molecule has 0 bridgehead atoms. The standard InChI is InChI=1S/C24H29N3O5S/c1-17(2)32-23-7-4-18(12-21(23)14-25)15-26-22-6-5-20-16-27(10-8-19(20)13-22)33(29,30)11-9-24(28)31-3/h4-7,12-13,17,26H,8-11,15-16H2,1-3H3. The van der Waals surface area contributed by atoms with Gasteiger partial charge in [0.05, 0.1) is 31.0 Å². The average molecular weight is 472 g/mol. The van der Waals surface area contributed by atoms with E-state index in [0.717, 1.165) is 22.4 Å². The van der Waals surface area contributed by atoms with Crippen molar-refractivity contribution < 1.29 is 22.7 Å². The van der Waals surface area contributed by atoms with Crippen LogP contribution < -0.4 is 10.1 Å². The number of nitrogens with zero attached hydrogens (tertiary/aromatic N) is 2. The van der Waals surface area contributed by atoms with Crippen LogP contribution in [-0.4, -0.2) is 44.2 Å². The molecule has 0 unspecified atom stereocenters. The first-order valence-electron chi connectivity index (χ1n) is 10.8. The second kappa shape index (κ2) is 10.7. The van der Waals surface area contributed by atoms with Gasteiger partial charge in [0, 0.05) is 25.3 Å². The zero-order valence-corrected chi connectivity index (χ0v) is 19.9. The van der Waals surface area contributed by atoms with Crippen LogP contribution in [0, 0.1) is 11.3 Å². The smallest absolute Gasteiger partial charge is 0.306 e. The molecule has 0 saturated carbocycles. The summed E-state index contributed by atoms with van der Waals surface area (Å²) in [5.41, 5.74) is 4.44. The van der Waals surface area contributed by atoms with Gasteiger partial charge < -0.3 is 14.8 Å². The summed E-state index contributed by atoms with van der Waals surface area (Å²) in [4.78, 5) is 11.3. The lowest BCUT2D eigenvalue weighted by Crippen LogP contribution is -2.37. The molecular weight excluding hydrogens is 442 g/mol. The van der Waals surface area contributed by atoms with Crippen molar-refractivity contribution in [2.75, 3.05) is 24.7 Å². The lowest BCUT2D eigenvalue weighted by Gasteiger charge is -2.28. The number of sulfonamides is 1. The highest BCUT2D eigenvalue weighted by Gasteiger charge is 2.27. The summed E-state index contributed by atoms with van der Waals surface area (Å²) in [5, 5.41) is 12.8. The van der Waals surface area contributed by atoms with Gasteiger partial charge in [-0.3, -0.25) is 4.79 Å². The minimum absolute atomic E-state index is 0.00432. The first-order valence-corrected chi connectivity index (χ1v) is 12.4. The molecule has 0 saturated heterocycles. The van der Waals surface area contributed by atoms with Gasteiger partial charge in [-0.25, -0.2) is 8.42 Å². The Morgan fingerprint density at radius 3 is 2.70 bits per heavy atom. The molecule has 0 aliphatic carbocycles. The van der Waals surface area contributed by atoms with Crippen molar-refractivity contribution in [3.8, 4) is 11.8 Å². The number of benzene rings is 2. The van der Waals surface area contributed by atoms with Crippen molar-refractivity contribution >= 4 is 21.7 Å². The zero-order valence-electron chi connectivity index (χ0n) is 19.1. The Bertz CT molecular complexity index is 1160. The van der Waals surface area contributed by atoms with E-state index in [0.29, 0.717) is 37.4 Å². The molecule has 2 aromatic rings. The lowest BCUT2D eigenvalue weighted by atomic mass is 10.0. The Morgan fingerprint density at radius 1 is 1.21 bits per heavy atom. The molecule has 33 heavy (non-hydrogen) atoms. The van der Waals surface area contributed by atoms with Gasteiger partial charge in [-0.2, -0.15) is 9.57 Å². The van der Waals surface area contributed by atoms with Crippen LogP contribution in [-0.2, 0) is 39.1 Å². The molecule has 1 aliphatic rings. The molecule has 0 radical (unpaired) electrons. The fourth-order valence-electron chi connectivity index (χ4n) is 3.65. The quantitative estimate of drug-likeness (QED) is 0.559. The van der Waals surface area contributed by atoms with E-state index in [4.69, 9.17) is 4.74 Å². The maximum absolute atomic E-state index is 12.6. The summed E-state index contributed by atoms with van der Waals surface area (Å²) in [6.45, 7) is 5.06. The number of ether oxygens (including phenoxy) is 2. The van der Waals surface area contributed by atoms with Crippen LogP contribution in [0.15, 0.2) is 36.4 Å². The molecule has 9 heteroatoms. The predicted octanol–water partition coefficient (Wildman–Crippen LogP) is 3.21. The maximum atomic E-state index is 12.6. The van der Waals surface area contributed by atoms with Gasteiger partial charge in [-0.1, -0.05) is 12.1 Å². The van der Waals surface area contributed by atoms with E-state index in [1.165, 1.54) is 11.4 Å². The lowest BCUT2D eigenvalue weighted by molar-refractivity contribution is -0.140. The third kappa shape index (κ3) is 6.46. The molecular formula is C24H29N3O5S. The maximum Gasteiger partial charge on any atom is 0.306 e. The van der Waals surface area contributed by atoms with Gasteiger partial charge in [0.15, 0.2) is 0 Å². The topological polar surface area (TPSA) is 109 Å². The highest BCUT2D eigenvalue weighted by Crippen LogP contribution is 2.26. The Labute approximate surface area is 195 Å². The molecule has 8 nitrogen and oxygen atoms in total. The van der Waals surface area contributed by atoms with Crippen LogP contribution in [0.2, 0.25) is 0 Å². The summed E-state index contributed by atoms with van der Waals surface area (Å²) < 4.78 is 36.7. The van der Waals surface area contributed by atoms with Crippen molar-refractivity contribution in [1.29, 1.82) is 5.26 Å². The number of methoxy groups -OCH3 is 1. The van der Waals surface area contributed by atoms with E-state index in [9.17, 15) is 18.5 Å². The third-order valence-electron chi connectivity index (χ3n) is 5.39. The van der Waals surface area contributed by atoms with Gasteiger partial charge in [0.2, 0.25) is 10.0 Å². The Balaban J connectivity index is 1.63. The van der Waals surface area contributed by atoms with E-state index in [1.807, 2.05) is 50.2 Å². The Hall–Kier alpha value is -3.09. The fourth-order valence-corrected chi connectivity index (χ4v) is 5.04. The molecule has 0 atom stereocenters.